The molecular weight excluding hydrogens is 406 g/mol. The van der Waals surface area contributed by atoms with Crippen LogP contribution in [0.4, 0.5) is 4.79 Å². The Hall–Kier alpha value is -2.42. The Bertz CT molecular complexity index is 992. The van der Waals surface area contributed by atoms with Crippen LogP contribution in [0.1, 0.15) is 43.7 Å². The van der Waals surface area contributed by atoms with Gasteiger partial charge in [0.25, 0.3) is 5.91 Å². The molecule has 2 heterocycles. The van der Waals surface area contributed by atoms with Gasteiger partial charge in [0.15, 0.2) is 9.84 Å². The number of amides is 4. The molecule has 2 atom stereocenters. The lowest BCUT2D eigenvalue weighted by Gasteiger charge is -2.33. The van der Waals surface area contributed by atoms with Crippen molar-refractivity contribution in [1.82, 2.24) is 15.1 Å². The highest BCUT2D eigenvalue weighted by Crippen LogP contribution is 2.39. The average molecular weight is 434 g/mol. The lowest BCUT2D eigenvalue weighted by molar-refractivity contribution is -0.140. The van der Waals surface area contributed by atoms with Crippen molar-refractivity contribution >= 4 is 27.7 Å². The van der Waals surface area contributed by atoms with E-state index in [4.69, 9.17) is 0 Å². The molecule has 4 rings (SSSR count). The third-order valence-corrected chi connectivity index (χ3v) is 8.13. The Morgan fingerprint density at radius 1 is 1.30 bits per heavy atom. The van der Waals surface area contributed by atoms with E-state index in [1.54, 1.807) is 0 Å². The number of carbonyl (C=O) groups excluding carboxylic acids is 3. The van der Waals surface area contributed by atoms with E-state index in [0.29, 0.717) is 25.8 Å². The van der Waals surface area contributed by atoms with Crippen molar-refractivity contribution in [1.29, 1.82) is 0 Å². The summed E-state index contributed by atoms with van der Waals surface area (Å²) in [5.74, 6) is -0.781. The fraction of sp³-hybridized carbons (Fsp3) is 0.571. The predicted molar refractivity (Wildman–Crippen MR) is 110 cm³/mol. The summed E-state index contributed by atoms with van der Waals surface area (Å²) in [6, 6.07) is 6.63. The number of fused-ring (bicyclic) bond motifs is 2. The van der Waals surface area contributed by atoms with Gasteiger partial charge < -0.3 is 10.2 Å². The molecule has 0 aromatic heterocycles. The zero-order valence-electron chi connectivity index (χ0n) is 17.1. The minimum Gasteiger partial charge on any atom is -0.337 e. The van der Waals surface area contributed by atoms with Crippen LogP contribution in [0.2, 0.25) is 0 Å². The number of urea groups is 1. The van der Waals surface area contributed by atoms with Crippen molar-refractivity contribution in [3.63, 3.8) is 0 Å². The minimum absolute atomic E-state index is 0.0593. The lowest BCUT2D eigenvalue weighted by atomic mass is 9.76. The molecule has 8 nitrogen and oxygen atoms in total. The zero-order valence-corrected chi connectivity index (χ0v) is 17.9. The number of imide groups is 1. The maximum atomic E-state index is 13.4. The van der Waals surface area contributed by atoms with Gasteiger partial charge in [-0.1, -0.05) is 31.2 Å². The Labute approximate surface area is 176 Å². The van der Waals surface area contributed by atoms with Crippen LogP contribution in [0.25, 0.3) is 0 Å². The second-order valence-corrected chi connectivity index (χ2v) is 10.6. The first-order valence-corrected chi connectivity index (χ1v) is 12.3. The van der Waals surface area contributed by atoms with E-state index in [0.717, 1.165) is 28.9 Å². The summed E-state index contributed by atoms with van der Waals surface area (Å²) < 4.78 is 23.7. The van der Waals surface area contributed by atoms with Crippen molar-refractivity contribution in [2.24, 2.45) is 0 Å². The summed E-state index contributed by atoms with van der Waals surface area (Å²) in [5, 5.41) is 2.86. The van der Waals surface area contributed by atoms with Gasteiger partial charge >= 0.3 is 6.03 Å². The molecule has 30 heavy (non-hydrogen) atoms. The first-order valence-electron chi connectivity index (χ1n) is 10.5. The Morgan fingerprint density at radius 3 is 2.77 bits per heavy atom. The van der Waals surface area contributed by atoms with Gasteiger partial charge in [0.05, 0.1) is 11.5 Å². The molecule has 0 saturated carbocycles. The maximum absolute atomic E-state index is 13.4. The van der Waals surface area contributed by atoms with Crippen LogP contribution in [-0.2, 0) is 31.4 Å². The number of hydrogen-bond acceptors (Lipinski definition) is 5. The quantitative estimate of drug-likeness (QED) is 0.703. The molecule has 2 saturated heterocycles. The Balaban J connectivity index is 1.56. The fourth-order valence-electron chi connectivity index (χ4n) is 4.95. The van der Waals surface area contributed by atoms with Gasteiger partial charge in [-0.2, -0.15) is 0 Å². The number of nitrogens with zero attached hydrogens (tertiary/aromatic N) is 2. The Morgan fingerprint density at radius 2 is 2.07 bits per heavy atom. The van der Waals surface area contributed by atoms with E-state index in [1.807, 2.05) is 31.2 Å². The zero-order chi connectivity index (χ0) is 21.5. The third kappa shape index (κ3) is 3.49. The summed E-state index contributed by atoms with van der Waals surface area (Å²) in [5.41, 5.74) is 0.726. The molecule has 1 aliphatic carbocycles. The second-order valence-electron chi connectivity index (χ2n) is 8.38. The molecule has 4 amide bonds. The highest BCUT2D eigenvalue weighted by atomic mass is 32.2. The number of benzene rings is 1. The molecule has 1 aromatic rings. The van der Waals surface area contributed by atoms with E-state index in [9.17, 15) is 22.8 Å². The highest BCUT2D eigenvalue weighted by molar-refractivity contribution is 7.91. The predicted octanol–water partition coefficient (Wildman–Crippen LogP) is 1.20. The monoisotopic (exact) mass is 433 g/mol. The van der Waals surface area contributed by atoms with Gasteiger partial charge in [-0.15, -0.1) is 0 Å². The summed E-state index contributed by atoms with van der Waals surface area (Å²) in [6.07, 6.45) is 3.18. The fourth-order valence-corrected chi connectivity index (χ4v) is 6.68. The number of aryl methyl sites for hydroxylation is 1. The van der Waals surface area contributed by atoms with Crippen molar-refractivity contribution in [3.8, 4) is 0 Å². The first kappa shape index (κ1) is 20.8. The SMILES string of the molecule is CCCN(C(=O)CN1C(=O)N[C@]2(CCCc3ccccc32)C1=O)[C@@H]1CCS(=O)(=O)C1. The van der Waals surface area contributed by atoms with E-state index in [2.05, 4.69) is 5.32 Å². The van der Waals surface area contributed by atoms with E-state index < -0.39 is 33.4 Å². The normalized spacial score (nSPS) is 27.2. The van der Waals surface area contributed by atoms with Crippen LogP contribution in [-0.4, -0.2) is 66.7 Å². The van der Waals surface area contributed by atoms with Gasteiger partial charge in [0.2, 0.25) is 5.91 Å². The van der Waals surface area contributed by atoms with Gasteiger partial charge in [0.1, 0.15) is 12.1 Å². The number of rotatable bonds is 5. The van der Waals surface area contributed by atoms with Crippen LogP contribution in [0.5, 0.6) is 0 Å². The number of carbonyl (C=O) groups is 3. The molecule has 0 unspecified atom stereocenters. The molecule has 0 radical (unpaired) electrons. The molecule has 2 aliphatic heterocycles. The van der Waals surface area contributed by atoms with Crippen molar-refractivity contribution in [2.45, 2.75) is 50.6 Å². The molecule has 1 N–H and O–H groups in total. The molecule has 1 spiro atoms. The van der Waals surface area contributed by atoms with Crippen molar-refractivity contribution in [3.05, 3.63) is 35.4 Å². The molecule has 9 heteroatoms. The number of sulfone groups is 1. The molecule has 3 aliphatic rings. The Kier molecular flexibility index (Phi) is 5.34. The largest absolute Gasteiger partial charge is 0.337 e. The number of nitrogens with one attached hydrogen (secondary N) is 1. The van der Waals surface area contributed by atoms with E-state index in [-0.39, 0.29) is 24.0 Å². The van der Waals surface area contributed by atoms with Crippen molar-refractivity contribution < 1.29 is 22.8 Å². The number of hydrogen-bond donors (Lipinski definition) is 1. The summed E-state index contributed by atoms with van der Waals surface area (Å²) in [6.45, 7) is 1.94. The first-order chi connectivity index (χ1) is 14.3. The van der Waals surface area contributed by atoms with Crippen molar-refractivity contribution in [2.75, 3.05) is 24.6 Å². The summed E-state index contributed by atoms with van der Waals surface area (Å²) in [7, 11) is -3.15. The smallest absolute Gasteiger partial charge is 0.325 e. The van der Waals surface area contributed by atoms with E-state index in [1.165, 1.54) is 4.90 Å². The molecular formula is C21H27N3O5S. The second kappa shape index (κ2) is 7.68. The highest BCUT2D eigenvalue weighted by Gasteiger charge is 2.54. The lowest BCUT2D eigenvalue weighted by Crippen LogP contribution is -2.49. The van der Waals surface area contributed by atoms with Crippen LogP contribution in [0.15, 0.2) is 24.3 Å². The van der Waals surface area contributed by atoms with Gasteiger partial charge in [0, 0.05) is 12.6 Å². The summed E-state index contributed by atoms with van der Waals surface area (Å²) in [4.78, 5) is 41.7. The standard InChI is InChI=1S/C21H27N3O5S/c1-2-11-23(16-9-12-30(28,29)14-16)18(25)13-24-19(26)21(22-20(24)27)10-5-7-15-6-3-4-8-17(15)21/h3-4,6,8,16H,2,5,7,9-14H2,1H3,(H,22,27)/t16-,21+/m1/s1. The molecule has 0 bridgehead atoms. The maximum Gasteiger partial charge on any atom is 0.325 e. The summed E-state index contributed by atoms with van der Waals surface area (Å²) >= 11 is 0. The van der Waals surface area contributed by atoms with Crippen LogP contribution in [0.3, 0.4) is 0 Å². The molecule has 1 aromatic carbocycles. The van der Waals surface area contributed by atoms with Crippen LogP contribution >= 0.6 is 0 Å². The van der Waals surface area contributed by atoms with Gasteiger partial charge in [-0.25, -0.2) is 13.2 Å². The minimum atomic E-state index is -3.15. The average Bonchev–Trinajstić information content (AvgIpc) is 3.18. The third-order valence-electron chi connectivity index (χ3n) is 6.38. The van der Waals surface area contributed by atoms with Gasteiger partial charge in [-0.3, -0.25) is 14.5 Å². The van der Waals surface area contributed by atoms with Crippen LogP contribution in [0, 0.1) is 0 Å². The van der Waals surface area contributed by atoms with Crippen LogP contribution < -0.4 is 5.32 Å². The van der Waals surface area contributed by atoms with E-state index >= 15 is 0 Å². The van der Waals surface area contributed by atoms with Gasteiger partial charge in [-0.05, 0) is 43.2 Å². The molecule has 2 fully saturated rings. The molecule has 162 valence electrons. The topological polar surface area (TPSA) is 104 Å².